The molecule has 228 valence electrons. The van der Waals surface area contributed by atoms with E-state index in [1.54, 1.807) is 26.2 Å². The van der Waals surface area contributed by atoms with Gasteiger partial charge >= 0.3 is 0 Å². The zero-order valence-corrected chi connectivity index (χ0v) is 25.2. The van der Waals surface area contributed by atoms with Crippen molar-refractivity contribution in [3.8, 4) is 5.75 Å². The molecule has 0 radical (unpaired) electrons. The molecule has 3 aliphatic rings. The number of fused-ring (bicyclic) bond motifs is 1. The van der Waals surface area contributed by atoms with Crippen LogP contribution in [-0.4, -0.2) is 61.5 Å². The number of methoxy groups -OCH3 is 1. The lowest BCUT2D eigenvalue weighted by molar-refractivity contribution is -0.133. The molecule has 9 heteroatoms. The molecule has 3 amide bonds. The van der Waals surface area contributed by atoms with Crippen molar-refractivity contribution in [1.82, 2.24) is 16.0 Å². The SMILES string of the molecule is COc1ccc(C[C@H](NC(=O)CNC(=O)C2=C(C)c3ccccc3C2)C(=O)N[C@@H](CC2CCCC2)C(=O)[C@@]2(C)CO2)cc1. The summed E-state index contributed by atoms with van der Waals surface area (Å²) < 4.78 is 10.7. The van der Waals surface area contributed by atoms with Crippen molar-refractivity contribution >= 4 is 29.1 Å². The minimum atomic E-state index is -0.957. The molecular weight excluding hydrogens is 546 g/mol. The number of carbonyl (C=O) groups is 4. The van der Waals surface area contributed by atoms with Crippen molar-refractivity contribution in [2.24, 2.45) is 5.92 Å². The molecular formula is C34H41N3O6. The molecule has 2 fully saturated rings. The standard InChI is InChI=1S/C34H41N3O6/c1-21-26-11-7-6-10-24(26)18-27(21)32(40)35-19-30(38)36-29(17-23-12-14-25(42-3)15-13-23)33(41)37-28(16-22-8-4-5-9-22)31(39)34(2)20-43-34/h6-7,10-15,22,28-29H,4-5,8-9,16-20H2,1-3H3,(H,35,40)(H,36,38)(H,37,41)/t28-,29-,34+/m0/s1. The monoisotopic (exact) mass is 587 g/mol. The number of ether oxygens (including phenoxy) is 2. The van der Waals surface area contributed by atoms with Crippen LogP contribution in [0, 0.1) is 5.92 Å². The van der Waals surface area contributed by atoms with Gasteiger partial charge in [-0.3, -0.25) is 19.2 Å². The van der Waals surface area contributed by atoms with Gasteiger partial charge in [-0.05, 0) is 60.6 Å². The summed E-state index contributed by atoms with van der Waals surface area (Å²) in [5, 5.41) is 8.49. The molecule has 1 saturated carbocycles. The van der Waals surface area contributed by atoms with Crippen molar-refractivity contribution in [3.63, 3.8) is 0 Å². The fraction of sp³-hybridized carbons (Fsp3) is 0.471. The number of epoxide rings is 1. The number of carbonyl (C=O) groups excluding carboxylic acids is 4. The summed E-state index contributed by atoms with van der Waals surface area (Å²) in [6.45, 7) is 3.72. The molecule has 2 aromatic rings. The number of rotatable bonds is 13. The minimum Gasteiger partial charge on any atom is -0.497 e. The molecule has 1 heterocycles. The Bertz CT molecular complexity index is 1410. The van der Waals surface area contributed by atoms with Crippen LogP contribution in [0.4, 0.5) is 0 Å². The first-order chi connectivity index (χ1) is 20.7. The molecule has 2 aromatic carbocycles. The number of hydrogen-bond donors (Lipinski definition) is 3. The lowest BCUT2D eigenvalue weighted by atomic mass is 9.90. The summed E-state index contributed by atoms with van der Waals surface area (Å²) in [5.41, 5.74) is 3.59. The summed E-state index contributed by atoms with van der Waals surface area (Å²) in [5.74, 6) is -0.334. The maximum Gasteiger partial charge on any atom is 0.248 e. The summed E-state index contributed by atoms with van der Waals surface area (Å²) in [6.07, 6.45) is 5.58. The van der Waals surface area contributed by atoms with Gasteiger partial charge in [0.15, 0.2) is 5.78 Å². The number of ketones is 1. The Labute approximate surface area is 252 Å². The Kier molecular flexibility index (Phi) is 9.30. The number of amides is 3. The van der Waals surface area contributed by atoms with Crippen molar-refractivity contribution in [2.45, 2.75) is 76.5 Å². The molecule has 5 rings (SSSR count). The van der Waals surface area contributed by atoms with E-state index >= 15 is 0 Å². The van der Waals surface area contributed by atoms with E-state index in [1.807, 2.05) is 43.3 Å². The summed E-state index contributed by atoms with van der Waals surface area (Å²) in [7, 11) is 1.58. The Morgan fingerprint density at radius 1 is 1.00 bits per heavy atom. The van der Waals surface area contributed by atoms with Gasteiger partial charge in [0, 0.05) is 18.4 Å². The molecule has 1 aliphatic heterocycles. The first-order valence-electron chi connectivity index (χ1n) is 15.1. The van der Waals surface area contributed by atoms with Crippen LogP contribution in [0.5, 0.6) is 5.75 Å². The van der Waals surface area contributed by atoms with E-state index in [-0.39, 0.29) is 24.7 Å². The van der Waals surface area contributed by atoms with Gasteiger partial charge in [-0.1, -0.05) is 62.1 Å². The lowest BCUT2D eigenvalue weighted by Gasteiger charge is -2.26. The van der Waals surface area contributed by atoms with E-state index in [2.05, 4.69) is 16.0 Å². The van der Waals surface area contributed by atoms with Crippen LogP contribution >= 0.6 is 0 Å². The van der Waals surface area contributed by atoms with Gasteiger partial charge < -0.3 is 25.4 Å². The quantitative estimate of drug-likeness (QED) is 0.309. The van der Waals surface area contributed by atoms with Crippen LogP contribution in [0.15, 0.2) is 54.1 Å². The fourth-order valence-electron chi connectivity index (χ4n) is 6.20. The van der Waals surface area contributed by atoms with Gasteiger partial charge in [0.05, 0.1) is 26.3 Å². The molecule has 0 aromatic heterocycles. The smallest absolute Gasteiger partial charge is 0.248 e. The molecule has 0 unspecified atom stereocenters. The maximum absolute atomic E-state index is 13.7. The summed E-state index contributed by atoms with van der Waals surface area (Å²) in [6, 6.07) is 13.5. The zero-order valence-electron chi connectivity index (χ0n) is 25.2. The highest BCUT2D eigenvalue weighted by atomic mass is 16.6. The van der Waals surface area contributed by atoms with E-state index in [0.717, 1.165) is 47.9 Å². The topological polar surface area (TPSA) is 126 Å². The van der Waals surface area contributed by atoms with Crippen LogP contribution in [0.25, 0.3) is 5.57 Å². The van der Waals surface area contributed by atoms with Gasteiger partial charge in [0.1, 0.15) is 17.4 Å². The van der Waals surface area contributed by atoms with E-state index in [0.29, 0.717) is 36.7 Å². The largest absolute Gasteiger partial charge is 0.497 e. The number of hydrogen-bond acceptors (Lipinski definition) is 6. The van der Waals surface area contributed by atoms with Crippen LogP contribution in [0.1, 0.15) is 62.6 Å². The molecule has 43 heavy (non-hydrogen) atoms. The highest BCUT2D eigenvalue weighted by Crippen LogP contribution is 2.34. The molecule has 0 spiro atoms. The summed E-state index contributed by atoms with van der Waals surface area (Å²) in [4.78, 5) is 53.2. The van der Waals surface area contributed by atoms with E-state index in [4.69, 9.17) is 9.47 Å². The molecule has 0 bridgehead atoms. The van der Waals surface area contributed by atoms with Crippen molar-refractivity contribution in [1.29, 1.82) is 0 Å². The fourth-order valence-corrected chi connectivity index (χ4v) is 6.20. The Balaban J connectivity index is 1.26. The average molecular weight is 588 g/mol. The highest BCUT2D eigenvalue weighted by Gasteiger charge is 2.50. The van der Waals surface area contributed by atoms with Gasteiger partial charge in [-0.2, -0.15) is 0 Å². The Morgan fingerprint density at radius 3 is 2.35 bits per heavy atom. The lowest BCUT2D eigenvalue weighted by Crippen LogP contribution is -2.55. The second kappa shape index (κ2) is 13.1. The van der Waals surface area contributed by atoms with E-state index in [9.17, 15) is 19.2 Å². The van der Waals surface area contributed by atoms with E-state index < -0.39 is 29.5 Å². The zero-order chi connectivity index (χ0) is 30.6. The molecule has 2 aliphatic carbocycles. The van der Waals surface area contributed by atoms with Crippen molar-refractivity contribution < 1.29 is 28.7 Å². The highest BCUT2D eigenvalue weighted by molar-refractivity contribution is 6.05. The van der Waals surface area contributed by atoms with Crippen LogP contribution in [0.2, 0.25) is 0 Å². The van der Waals surface area contributed by atoms with Crippen molar-refractivity contribution in [2.75, 3.05) is 20.3 Å². The van der Waals surface area contributed by atoms with Gasteiger partial charge in [-0.25, -0.2) is 0 Å². The first-order valence-corrected chi connectivity index (χ1v) is 15.1. The van der Waals surface area contributed by atoms with E-state index in [1.165, 1.54) is 0 Å². The molecule has 3 N–H and O–H groups in total. The van der Waals surface area contributed by atoms with Crippen molar-refractivity contribution in [3.05, 3.63) is 70.8 Å². The number of benzene rings is 2. The molecule has 1 saturated heterocycles. The third-order valence-corrected chi connectivity index (χ3v) is 8.95. The van der Waals surface area contributed by atoms with Gasteiger partial charge in [-0.15, -0.1) is 0 Å². The Hall–Kier alpha value is -3.98. The third-order valence-electron chi connectivity index (χ3n) is 8.95. The normalized spacial score (nSPS) is 20.6. The molecule has 9 nitrogen and oxygen atoms in total. The number of Topliss-reactive ketones (excluding diaryl/α,β-unsaturated/α-hetero) is 1. The maximum atomic E-state index is 13.7. The Morgan fingerprint density at radius 2 is 1.70 bits per heavy atom. The second-order valence-corrected chi connectivity index (χ2v) is 12.1. The van der Waals surface area contributed by atoms with Crippen LogP contribution < -0.4 is 20.7 Å². The minimum absolute atomic E-state index is 0.129. The van der Waals surface area contributed by atoms with Crippen LogP contribution in [0.3, 0.4) is 0 Å². The first kappa shape index (κ1) is 30.5. The number of nitrogens with one attached hydrogen (secondary N) is 3. The number of allylic oxidation sites excluding steroid dienone is 1. The average Bonchev–Trinajstić information content (AvgIpc) is 3.39. The summed E-state index contributed by atoms with van der Waals surface area (Å²) >= 11 is 0. The predicted octanol–water partition coefficient (Wildman–Crippen LogP) is 3.29. The van der Waals surface area contributed by atoms with Gasteiger partial charge in [0.2, 0.25) is 17.7 Å². The van der Waals surface area contributed by atoms with Gasteiger partial charge in [0.25, 0.3) is 0 Å². The third kappa shape index (κ3) is 7.33. The molecule has 3 atom stereocenters. The van der Waals surface area contributed by atoms with Crippen LogP contribution in [-0.2, 0) is 36.8 Å². The predicted molar refractivity (Wildman–Crippen MR) is 162 cm³/mol. The second-order valence-electron chi connectivity index (χ2n) is 12.1.